The molecule has 1 heterocycles. The monoisotopic (exact) mass is 184 g/mol. The Labute approximate surface area is 80.2 Å². The summed E-state index contributed by atoms with van der Waals surface area (Å²) in [7, 11) is 0. The summed E-state index contributed by atoms with van der Waals surface area (Å²) in [5.41, 5.74) is 5.99. The molecule has 1 rings (SSSR count). The maximum atomic E-state index is 9.83. The predicted octanol–water partition coefficient (Wildman–Crippen LogP) is 0.348. The van der Waals surface area contributed by atoms with Gasteiger partial charge in [-0.1, -0.05) is 6.58 Å². The minimum Gasteiger partial charge on any atom is -0.389 e. The van der Waals surface area contributed by atoms with Crippen molar-refractivity contribution in [2.45, 2.75) is 25.4 Å². The van der Waals surface area contributed by atoms with Gasteiger partial charge < -0.3 is 10.8 Å². The normalized spacial score (nSPS) is 30.4. The van der Waals surface area contributed by atoms with Crippen LogP contribution >= 0.6 is 0 Å². The highest BCUT2D eigenvalue weighted by atomic mass is 16.3. The molecular formula is C10H20N2O. The third-order valence-electron chi connectivity index (χ3n) is 2.49. The van der Waals surface area contributed by atoms with Crippen molar-refractivity contribution in [3.8, 4) is 0 Å². The van der Waals surface area contributed by atoms with Gasteiger partial charge in [0.05, 0.1) is 5.60 Å². The first-order valence-corrected chi connectivity index (χ1v) is 4.85. The van der Waals surface area contributed by atoms with Crippen LogP contribution in [0.3, 0.4) is 0 Å². The van der Waals surface area contributed by atoms with Crippen LogP contribution < -0.4 is 5.73 Å². The van der Waals surface area contributed by atoms with Crippen molar-refractivity contribution in [1.82, 2.24) is 4.90 Å². The average molecular weight is 184 g/mol. The fourth-order valence-electron chi connectivity index (χ4n) is 1.84. The summed E-state index contributed by atoms with van der Waals surface area (Å²) in [5, 5.41) is 9.83. The van der Waals surface area contributed by atoms with E-state index in [1.54, 1.807) is 0 Å². The highest BCUT2D eigenvalue weighted by Crippen LogP contribution is 2.20. The van der Waals surface area contributed by atoms with Gasteiger partial charge in [-0.05, 0) is 31.9 Å². The quantitative estimate of drug-likeness (QED) is 0.622. The Balaban J connectivity index is 2.39. The topological polar surface area (TPSA) is 49.5 Å². The van der Waals surface area contributed by atoms with E-state index >= 15 is 0 Å². The van der Waals surface area contributed by atoms with Gasteiger partial charge in [-0.3, -0.25) is 4.90 Å². The summed E-state index contributed by atoms with van der Waals surface area (Å²) in [6.45, 7) is 8.92. The molecule has 0 amide bonds. The van der Waals surface area contributed by atoms with Crippen LogP contribution in [-0.4, -0.2) is 41.8 Å². The molecule has 0 aromatic carbocycles. The van der Waals surface area contributed by atoms with Gasteiger partial charge in [-0.2, -0.15) is 0 Å². The van der Waals surface area contributed by atoms with Crippen LogP contribution in [0.2, 0.25) is 0 Å². The molecule has 3 N–H and O–H groups in total. The van der Waals surface area contributed by atoms with Gasteiger partial charge in [0.1, 0.15) is 0 Å². The summed E-state index contributed by atoms with van der Waals surface area (Å²) in [6, 6.07) is 0. The van der Waals surface area contributed by atoms with Gasteiger partial charge in [0.2, 0.25) is 0 Å². The molecule has 0 aromatic heterocycles. The lowest BCUT2D eigenvalue weighted by molar-refractivity contribution is -0.0124. The number of piperidine rings is 1. The molecule has 1 fully saturated rings. The summed E-state index contributed by atoms with van der Waals surface area (Å²) in [5.74, 6) is 0. The van der Waals surface area contributed by atoms with Gasteiger partial charge in [-0.25, -0.2) is 0 Å². The van der Waals surface area contributed by atoms with Gasteiger partial charge in [0.25, 0.3) is 0 Å². The second kappa shape index (κ2) is 4.22. The summed E-state index contributed by atoms with van der Waals surface area (Å²) < 4.78 is 0. The number of β-amino-alcohol motifs (C(OH)–C–C–N with tert-alkyl or cyclic N) is 1. The van der Waals surface area contributed by atoms with Crippen LogP contribution in [0.25, 0.3) is 0 Å². The highest BCUT2D eigenvalue weighted by molar-refractivity contribution is 5.00. The summed E-state index contributed by atoms with van der Waals surface area (Å²) >= 11 is 0. The maximum absolute atomic E-state index is 9.83. The van der Waals surface area contributed by atoms with E-state index in [1.807, 2.05) is 6.92 Å². The lowest BCUT2D eigenvalue weighted by Gasteiger charge is -2.37. The lowest BCUT2D eigenvalue weighted by Crippen LogP contribution is -2.46. The first-order chi connectivity index (χ1) is 6.03. The Morgan fingerprint density at radius 1 is 1.69 bits per heavy atom. The standard InChI is InChI=1S/C10H20N2O/c1-9(6-11)7-12-5-3-4-10(2,13)8-12/h13H,1,3-8,11H2,2H3. The number of nitrogens with zero attached hydrogens (tertiary/aromatic N) is 1. The lowest BCUT2D eigenvalue weighted by atomic mass is 9.95. The van der Waals surface area contributed by atoms with E-state index in [-0.39, 0.29) is 0 Å². The number of likely N-dealkylation sites (tertiary alicyclic amines) is 1. The molecule has 1 atom stereocenters. The maximum Gasteiger partial charge on any atom is 0.0746 e. The largest absolute Gasteiger partial charge is 0.389 e. The van der Waals surface area contributed by atoms with E-state index in [0.29, 0.717) is 6.54 Å². The SMILES string of the molecule is C=C(CN)CN1CCCC(C)(O)C1. The summed E-state index contributed by atoms with van der Waals surface area (Å²) in [4.78, 5) is 2.22. The van der Waals surface area contributed by atoms with Crippen LogP contribution in [0, 0.1) is 0 Å². The van der Waals surface area contributed by atoms with Crippen LogP contribution in [0.5, 0.6) is 0 Å². The molecule has 3 nitrogen and oxygen atoms in total. The zero-order chi connectivity index (χ0) is 9.90. The van der Waals surface area contributed by atoms with Crippen molar-refractivity contribution in [2.24, 2.45) is 5.73 Å². The van der Waals surface area contributed by atoms with Gasteiger partial charge >= 0.3 is 0 Å². The second-order valence-electron chi connectivity index (χ2n) is 4.27. The predicted molar refractivity (Wildman–Crippen MR) is 54.5 cm³/mol. The highest BCUT2D eigenvalue weighted by Gasteiger charge is 2.27. The first-order valence-electron chi connectivity index (χ1n) is 4.85. The van der Waals surface area contributed by atoms with Crippen LogP contribution in [0.4, 0.5) is 0 Å². The van der Waals surface area contributed by atoms with E-state index in [4.69, 9.17) is 5.73 Å². The minimum absolute atomic E-state index is 0.521. The fraction of sp³-hybridized carbons (Fsp3) is 0.800. The zero-order valence-electron chi connectivity index (χ0n) is 8.42. The number of hydrogen-bond acceptors (Lipinski definition) is 3. The first kappa shape index (κ1) is 10.7. The van der Waals surface area contributed by atoms with Crippen LogP contribution in [0.15, 0.2) is 12.2 Å². The third kappa shape index (κ3) is 3.46. The van der Waals surface area contributed by atoms with E-state index in [1.165, 1.54) is 0 Å². The molecule has 3 heteroatoms. The van der Waals surface area contributed by atoms with Crippen molar-refractivity contribution in [3.05, 3.63) is 12.2 Å². The third-order valence-corrected chi connectivity index (χ3v) is 2.49. The molecular weight excluding hydrogens is 164 g/mol. The van der Waals surface area contributed by atoms with E-state index in [9.17, 15) is 5.11 Å². The van der Waals surface area contributed by atoms with Crippen molar-refractivity contribution in [1.29, 1.82) is 0 Å². The van der Waals surface area contributed by atoms with Crippen molar-refractivity contribution >= 4 is 0 Å². The Hall–Kier alpha value is -0.380. The molecule has 0 saturated carbocycles. The van der Waals surface area contributed by atoms with Crippen LogP contribution in [-0.2, 0) is 0 Å². The Kier molecular flexibility index (Phi) is 3.47. The van der Waals surface area contributed by atoms with Crippen molar-refractivity contribution < 1.29 is 5.11 Å². The minimum atomic E-state index is -0.521. The number of hydrogen-bond donors (Lipinski definition) is 2. The molecule has 0 aromatic rings. The van der Waals surface area contributed by atoms with E-state index in [2.05, 4.69) is 11.5 Å². The summed E-state index contributed by atoms with van der Waals surface area (Å²) in [6.07, 6.45) is 1.96. The Morgan fingerprint density at radius 3 is 2.92 bits per heavy atom. The molecule has 1 aliphatic heterocycles. The number of rotatable bonds is 3. The molecule has 1 unspecified atom stereocenters. The molecule has 13 heavy (non-hydrogen) atoms. The van der Waals surface area contributed by atoms with Gasteiger partial charge in [0, 0.05) is 19.6 Å². The fourth-order valence-corrected chi connectivity index (χ4v) is 1.84. The Bertz CT molecular complexity index is 189. The van der Waals surface area contributed by atoms with Gasteiger partial charge in [0.15, 0.2) is 0 Å². The molecule has 0 radical (unpaired) electrons. The van der Waals surface area contributed by atoms with Crippen LogP contribution in [0.1, 0.15) is 19.8 Å². The second-order valence-corrected chi connectivity index (χ2v) is 4.27. The molecule has 1 aliphatic rings. The number of nitrogens with two attached hydrogens (primary N) is 1. The molecule has 0 spiro atoms. The Morgan fingerprint density at radius 2 is 2.38 bits per heavy atom. The molecule has 0 bridgehead atoms. The molecule has 0 aliphatic carbocycles. The average Bonchev–Trinajstić information content (AvgIpc) is 2.02. The molecule has 1 saturated heterocycles. The van der Waals surface area contributed by atoms with E-state index < -0.39 is 5.60 Å². The molecule has 76 valence electrons. The van der Waals surface area contributed by atoms with E-state index in [0.717, 1.165) is 38.0 Å². The smallest absolute Gasteiger partial charge is 0.0746 e. The number of aliphatic hydroxyl groups is 1. The van der Waals surface area contributed by atoms with Crippen molar-refractivity contribution in [2.75, 3.05) is 26.2 Å². The van der Waals surface area contributed by atoms with Gasteiger partial charge in [-0.15, -0.1) is 0 Å². The van der Waals surface area contributed by atoms with Crippen molar-refractivity contribution in [3.63, 3.8) is 0 Å². The zero-order valence-corrected chi connectivity index (χ0v) is 8.42.